The summed E-state index contributed by atoms with van der Waals surface area (Å²) in [4.78, 5) is 14.9. The fourth-order valence-electron chi connectivity index (χ4n) is 3.24. The van der Waals surface area contributed by atoms with Crippen LogP contribution in [0.1, 0.15) is 17.3 Å². The molecule has 26 heavy (non-hydrogen) atoms. The molecule has 1 heterocycles. The minimum absolute atomic E-state index is 0.00477. The van der Waals surface area contributed by atoms with Crippen LogP contribution in [0.3, 0.4) is 0 Å². The lowest BCUT2D eigenvalue weighted by molar-refractivity contribution is 0.0988. The van der Waals surface area contributed by atoms with Gasteiger partial charge in [0.25, 0.3) is 5.91 Å². The Hall–Kier alpha value is -3.33. The molecular formula is C23H19NO2. The summed E-state index contributed by atoms with van der Waals surface area (Å²) in [5.41, 5.74) is 2.56. The second kappa shape index (κ2) is 6.89. The molecule has 4 aromatic rings. The van der Waals surface area contributed by atoms with Gasteiger partial charge in [-0.25, -0.2) is 0 Å². The standard InChI is InChI=1S/C23H19NO2/c1-2-24(21-10-5-8-17-7-3-4-9-20(17)21)23(25)19-14-12-18(13-15-19)22-11-6-16-26-22/h3-16H,2H2,1H3. The van der Waals surface area contributed by atoms with Crippen molar-refractivity contribution in [3.63, 3.8) is 0 Å². The maximum Gasteiger partial charge on any atom is 0.258 e. The summed E-state index contributed by atoms with van der Waals surface area (Å²) in [6.07, 6.45) is 1.65. The summed E-state index contributed by atoms with van der Waals surface area (Å²) in [6.45, 7) is 2.60. The highest BCUT2D eigenvalue weighted by molar-refractivity contribution is 6.10. The van der Waals surface area contributed by atoms with Gasteiger partial charge in [-0.05, 0) is 42.6 Å². The Kier molecular flexibility index (Phi) is 4.28. The highest BCUT2D eigenvalue weighted by Crippen LogP contribution is 2.28. The molecule has 3 aromatic carbocycles. The SMILES string of the molecule is CCN(C(=O)c1ccc(-c2ccco2)cc1)c1cccc2ccccc12. The molecule has 0 aliphatic carbocycles. The maximum absolute atomic E-state index is 13.1. The van der Waals surface area contributed by atoms with Crippen LogP contribution in [0.2, 0.25) is 0 Å². The van der Waals surface area contributed by atoms with Gasteiger partial charge < -0.3 is 9.32 Å². The first-order chi connectivity index (χ1) is 12.8. The third kappa shape index (κ3) is 2.88. The molecule has 0 aliphatic heterocycles. The van der Waals surface area contributed by atoms with E-state index in [4.69, 9.17) is 4.42 Å². The van der Waals surface area contributed by atoms with Crippen LogP contribution in [0.25, 0.3) is 22.1 Å². The summed E-state index contributed by atoms with van der Waals surface area (Å²) in [5.74, 6) is 0.792. The Morgan fingerprint density at radius 3 is 2.38 bits per heavy atom. The second-order valence-electron chi connectivity index (χ2n) is 6.10. The van der Waals surface area contributed by atoms with Crippen molar-refractivity contribution in [2.45, 2.75) is 6.92 Å². The van der Waals surface area contributed by atoms with E-state index < -0.39 is 0 Å². The van der Waals surface area contributed by atoms with E-state index in [0.29, 0.717) is 12.1 Å². The average molecular weight is 341 g/mol. The van der Waals surface area contributed by atoms with Crippen LogP contribution in [0, 0.1) is 0 Å². The molecule has 0 spiro atoms. The van der Waals surface area contributed by atoms with Crippen LogP contribution >= 0.6 is 0 Å². The van der Waals surface area contributed by atoms with Gasteiger partial charge in [0.1, 0.15) is 5.76 Å². The number of hydrogen-bond donors (Lipinski definition) is 0. The lowest BCUT2D eigenvalue weighted by Crippen LogP contribution is -2.30. The smallest absolute Gasteiger partial charge is 0.258 e. The molecule has 3 nitrogen and oxygen atoms in total. The van der Waals surface area contributed by atoms with E-state index in [1.54, 1.807) is 6.26 Å². The molecule has 0 radical (unpaired) electrons. The quantitative estimate of drug-likeness (QED) is 0.472. The lowest BCUT2D eigenvalue weighted by Gasteiger charge is -2.23. The van der Waals surface area contributed by atoms with E-state index in [-0.39, 0.29) is 5.91 Å². The number of anilines is 1. The Morgan fingerprint density at radius 1 is 0.885 bits per heavy atom. The van der Waals surface area contributed by atoms with Gasteiger partial charge in [0.05, 0.1) is 12.0 Å². The summed E-state index contributed by atoms with van der Waals surface area (Å²) in [7, 11) is 0. The van der Waals surface area contributed by atoms with Crippen LogP contribution < -0.4 is 4.90 Å². The third-order valence-electron chi connectivity index (χ3n) is 4.56. The van der Waals surface area contributed by atoms with Crippen LogP contribution in [-0.2, 0) is 0 Å². The number of hydrogen-bond acceptors (Lipinski definition) is 2. The molecule has 0 aliphatic rings. The molecular weight excluding hydrogens is 322 g/mol. The Morgan fingerprint density at radius 2 is 1.65 bits per heavy atom. The van der Waals surface area contributed by atoms with Crippen molar-refractivity contribution in [2.75, 3.05) is 11.4 Å². The number of benzene rings is 3. The Balaban J connectivity index is 1.69. The maximum atomic E-state index is 13.1. The van der Waals surface area contributed by atoms with Crippen molar-refractivity contribution in [1.82, 2.24) is 0 Å². The van der Waals surface area contributed by atoms with Gasteiger partial charge in [-0.2, -0.15) is 0 Å². The number of fused-ring (bicyclic) bond motifs is 1. The van der Waals surface area contributed by atoms with Gasteiger partial charge in [0.2, 0.25) is 0 Å². The first-order valence-corrected chi connectivity index (χ1v) is 8.71. The fourth-order valence-corrected chi connectivity index (χ4v) is 3.24. The van der Waals surface area contributed by atoms with Crippen LogP contribution in [-0.4, -0.2) is 12.5 Å². The molecule has 0 atom stereocenters. The van der Waals surface area contributed by atoms with Gasteiger partial charge >= 0.3 is 0 Å². The molecule has 0 bridgehead atoms. The molecule has 0 unspecified atom stereocenters. The van der Waals surface area contributed by atoms with Gasteiger partial charge in [-0.3, -0.25) is 4.79 Å². The minimum atomic E-state index is -0.00477. The minimum Gasteiger partial charge on any atom is -0.464 e. The molecule has 0 N–H and O–H groups in total. The zero-order valence-electron chi connectivity index (χ0n) is 14.6. The monoisotopic (exact) mass is 341 g/mol. The van der Waals surface area contributed by atoms with Crippen molar-refractivity contribution in [2.24, 2.45) is 0 Å². The summed E-state index contributed by atoms with van der Waals surface area (Å²) in [5, 5.41) is 2.21. The predicted molar refractivity (Wildman–Crippen MR) is 105 cm³/mol. The summed E-state index contributed by atoms with van der Waals surface area (Å²) in [6, 6.07) is 25.5. The zero-order valence-corrected chi connectivity index (χ0v) is 14.6. The van der Waals surface area contributed by atoms with Gasteiger partial charge in [0, 0.05) is 23.1 Å². The van der Waals surface area contributed by atoms with Gasteiger partial charge in [-0.15, -0.1) is 0 Å². The average Bonchev–Trinajstić information content (AvgIpc) is 3.23. The molecule has 0 fully saturated rings. The normalized spacial score (nSPS) is 10.8. The van der Waals surface area contributed by atoms with Crippen LogP contribution in [0.5, 0.6) is 0 Å². The molecule has 1 aromatic heterocycles. The molecule has 128 valence electrons. The van der Waals surface area contributed by atoms with Crippen molar-refractivity contribution >= 4 is 22.4 Å². The highest BCUT2D eigenvalue weighted by atomic mass is 16.3. The Bertz CT molecular complexity index is 1030. The van der Waals surface area contributed by atoms with Crippen LogP contribution in [0.15, 0.2) is 89.5 Å². The van der Waals surface area contributed by atoms with E-state index >= 15 is 0 Å². The van der Waals surface area contributed by atoms with E-state index in [1.165, 1.54) is 0 Å². The van der Waals surface area contributed by atoms with E-state index in [9.17, 15) is 4.79 Å². The lowest BCUT2D eigenvalue weighted by atomic mass is 10.1. The first kappa shape index (κ1) is 16.2. The largest absolute Gasteiger partial charge is 0.464 e. The number of amides is 1. The molecule has 1 amide bonds. The van der Waals surface area contributed by atoms with Gasteiger partial charge in [0.15, 0.2) is 0 Å². The summed E-state index contributed by atoms with van der Waals surface area (Å²) >= 11 is 0. The molecule has 0 saturated heterocycles. The van der Waals surface area contributed by atoms with Crippen molar-refractivity contribution in [1.29, 1.82) is 0 Å². The number of furan rings is 1. The van der Waals surface area contributed by atoms with Crippen LogP contribution in [0.4, 0.5) is 5.69 Å². The molecule has 0 saturated carbocycles. The van der Waals surface area contributed by atoms with E-state index in [2.05, 4.69) is 18.2 Å². The third-order valence-corrected chi connectivity index (χ3v) is 4.56. The van der Waals surface area contributed by atoms with Crippen molar-refractivity contribution in [3.8, 4) is 11.3 Å². The van der Waals surface area contributed by atoms with Gasteiger partial charge in [-0.1, -0.05) is 48.5 Å². The predicted octanol–water partition coefficient (Wildman–Crippen LogP) is 5.77. The zero-order chi connectivity index (χ0) is 17.9. The first-order valence-electron chi connectivity index (χ1n) is 8.71. The highest BCUT2D eigenvalue weighted by Gasteiger charge is 2.18. The number of rotatable bonds is 4. The van der Waals surface area contributed by atoms with Crippen molar-refractivity contribution in [3.05, 3.63) is 90.7 Å². The number of nitrogens with zero attached hydrogens (tertiary/aromatic N) is 1. The molecule has 4 rings (SSSR count). The fraction of sp³-hybridized carbons (Fsp3) is 0.0870. The van der Waals surface area contributed by atoms with E-state index in [1.807, 2.05) is 72.5 Å². The molecule has 3 heteroatoms. The Labute approximate surface area is 152 Å². The second-order valence-corrected chi connectivity index (χ2v) is 6.10. The van der Waals surface area contributed by atoms with E-state index in [0.717, 1.165) is 27.8 Å². The number of carbonyl (C=O) groups is 1. The summed E-state index contributed by atoms with van der Waals surface area (Å²) < 4.78 is 5.41. The number of carbonyl (C=O) groups excluding carboxylic acids is 1. The topological polar surface area (TPSA) is 33.5 Å². The van der Waals surface area contributed by atoms with Crippen molar-refractivity contribution < 1.29 is 9.21 Å².